The van der Waals surface area contributed by atoms with Crippen molar-refractivity contribution in [3.05, 3.63) is 29.8 Å². The van der Waals surface area contributed by atoms with Crippen LogP contribution in [0.5, 0.6) is 0 Å². The van der Waals surface area contributed by atoms with E-state index in [-0.39, 0.29) is 12.5 Å². The molecule has 0 bridgehead atoms. The van der Waals surface area contributed by atoms with Crippen LogP contribution in [-0.4, -0.2) is 42.9 Å². The van der Waals surface area contributed by atoms with Crippen LogP contribution in [0, 0.1) is 6.92 Å². The molecule has 0 saturated carbocycles. The Kier molecular flexibility index (Phi) is 3.50. The number of hydrogen-bond donors (Lipinski definition) is 1. The Balaban J connectivity index is 2.07. The number of benzene rings is 1. The second kappa shape index (κ2) is 5.08. The van der Waals surface area contributed by atoms with Gasteiger partial charge in [0.25, 0.3) is 0 Å². The highest BCUT2D eigenvalue weighted by Crippen LogP contribution is 2.20. The fourth-order valence-corrected chi connectivity index (χ4v) is 2.19. The molecule has 0 unspecified atom stereocenters. The molecule has 1 heterocycles. The van der Waals surface area contributed by atoms with Crippen LogP contribution < -0.4 is 10.6 Å². The summed E-state index contributed by atoms with van der Waals surface area (Å²) in [5.74, 6) is -0.518. The molecule has 0 aliphatic carbocycles. The number of nitrogens with zero attached hydrogens (tertiary/aromatic N) is 2. The quantitative estimate of drug-likeness (QED) is 0.825. The van der Waals surface area contributed by atoms with Gasteiger partial charge >= 0.3 is 0 Å². The van der Waals surface area contributed by atoms with Crippen molar-refractivity contribution in [2.75, 3.05) is 31.1 Å². The number of piperazine rings is 1. The lowest BCUT2D eigenvalue weighted by molar-refractivity contribution is -0.135. The predicted octanol–water partition coefficient (Wildman–Crippen LogP) is 0.129. The van der Waals surface area contributed by atoms with Crippen molar-refractivity contribution in [1.82, 2.24) is 4.90 Å². The molecule has 0 radical (unpaired) electrons. The maximum Gasteiger partial charge on any atom is 0.242 e. The fourth-order valence-electron chi connectivity index (χ4n) is 2.19. The van der Waals surface area contributed by atoms with Crippen molar-refractivity contribution in [3.63, 3.8) is 0 Å². The Morgan fingerprint density at radius 3 is 2.67 bits per heavy atom. The van der Waals surface area contributed by atoms with Crippen LogP contribution in [-0.2, 0) is 9.59 Å². The van der Waals surface area contributed by atoms with E-state index in [1.807, 2.05) is 36.1 Å². The fraction of sp³-hybridized carbons (Fsp3) is 0.385. The second-order valence-electron chi connectivity index (χ2n) is 4.49. The third kappa shape index (κ3) is 2.61. The van der Waals surface area contributed by atoms with E-state index in [0.29, 0.717) is 13.1 Å². The molecule has 0 aromatic heterocycles. The van der Waals surface area contributed by atoms with Gasteiger partial charge in [-0.1, -0.05) is 18.2 Å². The lowest BCUT2D eigenvalue weighted by atomic mass is 10.1. The second-order valence-corrected chi connectivity index (χ2v) is 4.49. The van der Waals surface area contributed by atoms with E-state index in [0.717, 1.165) is 17.8 Å². The smallest absolute Gasteiger partial charge is 0.242 e. The highest BCUT2D eigenvalue weighted by atomic mass is 16.2. The van der Waals surface area contributed by atoms with Gasteiger partial charge in [0.05, 0.1) is 13.1 Å². The molecule has 1 saturated heterocycles. The summed E-state index contributed by atoms with van der Waals surface area (Å²) in [5.41, 5.74) is 7.33. The number of nitrogens with two attached hydrogens (primary N) is 1. The van der Waals surface area contributed by atoms with Crippen LogP contribution in [0.2, 0.25) is 0 Å². The third-order valence-electron chi connectivity index (χ3n) is 3.12. The van der Waals surface area contributed by atoms with Gasteiger partial charge in [0, 0.05) is 18.8 Å². The van der Waals surface area contributed by atoms with Crippen LogP contribution >= 0.6 is 0 Å². The maximum absolute atomic E-state index is 11.9. The molecule has 1 aromatic rings. The van der Waals surface area contributed by atoms with Crippen LogP contribution in [0.3, 0.4) is 0 Å². The topological polar surface area (TPSA) is 66.6 Å². The van der Waals surface area contributed by atoms with Gasteiger partial charge < -0.3 is 15.5 Å². The number of amides is 2. The number of carbonyl (C=O) groups is 2. The van der Waals surface area contributed by atoms with Gasteiger partial charge in [-0.15, -0.1) is 0 Å². The summed E-state index contributed by atoms with van der Waals surface area (Å²) in [6.45, 7) is 3.61. The number of hydrogen-bond acceptors (Lipinski definition) is 3. The summed E-state index contributed by atoms with van der Waals surface area (Å²) in [4.78, 5) is 26.3. The number of rotatable bonds is 3. The highest BCUT2D eigenvalue weighted by Gasteiger charge is 2.25. The van der Waals surface area contributed by atoms with E-state index < -0.39 is 5.91 Å². The molecule has 5 heteroatoms. The molecule has 2 amide bonds. The normalized spacial score (nSPS) is 15.9. The molecule has 18 heavy (non-hydrogen) atoms. The minimum absolute atomic E-state index is 0.0143. The third-order valence-corrected chi connectivity index (χ3v) is 3.12. The summed E-state index contributed by atoms with van der Waals surface area (Å²) in [6.07, 6.45) is 0. The van der Waals surface area contributed by atoms with Gasteiger partial charge in [-0.2, -0.15) is 0 Å². The lowest BCUT2D eigenvalue weighted by Gasteiger charge is -2.35. The Bertz CT molecular complexity index is 473. The van der Waals surface area contributed by atoms with Crippen molar-refractivity contribution < 1.29 is 9.59 Å². The van der Waals surface area contributed by atoms with Crippen LogP contribution in [0.1, 0.15) is 5.56 Å². The summed E-state index contributed by atoms with van der Waals surface area (Å²) in [6, 6.07) is 7.97. The van der Waals surface area contributed by atoms with E-state index in [2.05, 4.69) is 0 Å². The van der Waals surface area contributed by atoms with Gasteiger partial charge in [-0.05, 0) is 18.6 Å². The number of aryl methyl sites for hydroxylation is 1. The van der Waals surface area contributed by atoms with Crippen molar-refractivity contribution in [3.8, 4) is 0 Å². The molecule has 0 spiro atoms. The predicted molar refractivity (Wildman–Crippen MR) is 69.2 cm³/mol. The molecule has 0 atom stereocenters. The first-order valence-corrected chi connectivity index (χ1v) is 5.94. The molecular formula is C13H17N3O2. The Hall–Kier alpha value is -2.04. The first kappa shape index (κ1) is 12.4. The van der Waals surface area contributed by atoms with E-state index in [9.17, 15) is 9.59 Å². The summed E-state index contributed by atoms with van der Waals surface area (Å²) < 4.78 is 0. The van der Waals surface area contributed by atoms with Crippen LogP contribution in [0.4, 0.5) is 5.69 Å². The average molecular weight is 247 g/mol. The number of anilines is 1. The Morgan fingerprint density at radius 2 is 2.06 bits per heavy atom. The monoisotopic (exact) mass is 247 g/mol. The molecule has 2 rings (SSSR count). The zero-order valence-electron chi connectivity index (χ0n) is 10.4. The zero-order valence-corrected chi connectivity index (χ0v) is 10.4. The first-order chi connectivity index (χ1) is 8.58. The van der Waals surface area contributed by atoms with Gasteiger partial charge in [0.2, 0.25) is 11.8 Å². The molecule has 1 fully saturated rings. The molecule has 2 N–H and O–H groups in total. The van der Waals surface area contributed by atoms with Gasteiger partial charge in [0.15, 0.2) is 0 Å². The van der Waals surface area contributed by atoms with E-state index in [4.69, 9.17) is 5.73 Å². The van der Waals surface area contributed by atoms with Crippen molar-refractivity contribution in [1.29, 1.82) is 0 Å². The highest BCUT2D eigenvalue weighted by molar-refractivity contribution is 5.87. The molecule has 1 aromatic carbocycles. The Labute approximate surface area is 106 Å². The zero-order chi connectivity index (χ0) is 13.1. The van der Waals surface area contributed by atoms with Crippen LogP contribution in [0.25, 0.3) is 0 Å². The van der Waals surface area contributed by atoms with Crippen molar-refractivity contribution >= 4 is 17.5 Å². The first-order valence-electron chi connectivity index (χ1n) is 5.94. The van der Waals surface area contributed by atoms with Crippen molar-refractivity contribution in [2.45, 2.75) is 6.92 Å². The van der Waals surface area contributed by atoms with Crippen LogP contribution in [0.15, 0.2) is 24.3 Å². The minimum Gasteiger partial charge on any atom is -0.368 e. The average Bonchev–Trinajstić information content (AvgIpc) is 2.32. The summed E-state index contributed by atoms with van der Waals surface area (Å²) in [5, 5.41) is 0. The van der Waals surface area contributed by atoms with E-state index >= 15 is 0 Å². The lowest BCUT2D eigenvalue weighted by Crippen LogP contribution is -2.52. The van der Waals surface area contributed by atoms with E-state index in [1.54, 1.807) is 0 Å². The molecule has 1 aliphatic heterocycles. The summed E-state index contributed by atoms with van der Waals surface area (Å²) >= 11 is 0. The number of primary amides is 1. The molecular weight excluding hydrogens is 230 g/mol. The standard InChI is InChI=1S/C13H17N3O2/c1-10-4-2-3-5-11(10)15-6-7-16(8-12(14)17)13(18)9-15/h2-5H,6-9H2,1H3,(H2,14,17). The van der Waals surface area contributed by atoms with Gasteiger partial charge in [0.1, 0.15) is 0 Å². The van der Waals surface area contributed by atoms with Gasteiger partial charge in [-0.25, -0.2) is 0 Å². The minimum atomic E-state index is -0.465. The molecule has 1 aliphatic rings. The number of carbonyl (C=O) groups excluding carboxylic acids is 2. The van der Waals surface area contributed by atoms with Crippen molar-refractivity contribution in [2.24, 2.45) is 5.73 Å². The molecule has 5 nitrogen and oxygen atoms in total. The molecule has 96 valence electrons. The number of para-hydroxylation sites is 1. The van der Waals surface area contributed by atoms with Gasteiger partial charge in [-0.3, -0.25) is 9.59 Å². The van der Waals surface area contributed by atoms with E-state index in [1.165, 1.54) is 4.90 Å². The maximum atomic E-state index is 11.9. The Morgan fingerprint density at radius 1 is 1.33 bits per heavy atom. The SMILES string of the molecule is Cc1ccccc1N1CCN(CC(N)=O)C(=O)C1. The largest absolute Gasteiger partial charge is 0.368 e. The summed E-state index contributed by atoms with van der Waals surface area (Å²) in [7, 11) is 0.